The van der Waals surface area contributed by atoms with Gasteiger partial charge >= 0.3 is 0 Å². The van der Waals surface area contributed by atoms with Crippen LogP contribution in [0.2, 0.25) is 0 Å². The average Bonchev–Trinajstić information content (AvgIpc) is 2.14. The van der Waals surface area contributed by atoms with Crippen molar-refractivity contribution in [2.75, 3.05) is 0 Å². The van der Waals surface area contributed by atoms with Gasteiger partial charge in [-0.1, -0.05) is 6.58 Å². The molecule has 2 heteroatoms. The minimum absolute atomic E-state index is 0.136. The first-order chi connectivity index (χ1) is 3.83. The van der Waals surface area contributed by atoms with Crippen molar-refractivity contribution < 1.29 is 9.47 Å². The van der Waals surface area contributed by atoms with Crippen molar-refractivity contribution in [2.45, 2.75) is 13.2 Å². The van der Waals surface area contributed by atoms with Crippen molar-refractivity contribution in [1.82, 2.24) is 0 Å². The number of ether oxygens (including phenoxy) is 2. The predicted octanol–water partition coefficient (Wildman–Crippen LogP) is 1.41. The molecule has 1 unspecified atom stereocenters. The van der Waals surface area contributed by atoms with Crippen molar-refractivity contribution in [1.29, 1.82) is 0 Å². The number of hydrogen-bond acceptors (Lipinski definition) is 2. The monoisotopic (exact) mass is 112 g/mol. The van der Waals surface area contributed by atoms with Crippen LogP contribution in [0.15, 0.2) is 24.7 Å². The Morgan fingerprint density at radius 3 is 2.88 bits per heavy atom. The standard InChI is InChI=1S/C6H8O2/c1-3-6-4-7-5(2)8-6/h3-5H,1H2,2H3. The Labute approximate surface area is 48.4 Å². The van der Waals surface area contributed by atoms with Gasteiger partial charge < -0.3 is 9.47 Å². The van der Waals surface area contributed by atoms with E-state index in [4.69, 9.17) is 9.47 Å². The largest absolute Gasteiger partial charge is 0.459 e. The van der Waals surface area contributed by atoms with Crippen LogP contribution >= 0.6 is 0 Å². The fourth-order valence-electron chi connectivity index (χ4n) is 0.506. The molecule has 1 atom stereocenters. The van der Waals surface area contributed by atoms with Crippen molar-refractivity contribution >= 4 is 0 Å². The minimum atomic E-state index is -0.136. The highest BCUT2D eigenvalue weighted by atomic mass is 16.7. The molecule has 1 aliphatic heterocycles. The molecule has 0 aromatic carbocycles. The van der Waals surface area contributed by atoms with E-state index in [9.17, 15) is 0 Å². The molecular weight excluding hydrogens is 104 g/mol. The zero-order valence-electron chi connectivity index (χ0n) is 4.76. The molecule has 0 aromatic rings. The second kappa shape index (κ2) is 1.90. The Hall–Kier alpha value is -0.920. The van der Waals surface area contributed by atoms with E-state index in [2.05, 4.69) is 6.58 Å². The van der Waals surface area contributed by atoms with Gasteiger partial charge in [-0.05, 0) is 6.08 Å². The Balaban J connectivity index is 2.49. The van der Waals surface area contributed by atoms with Crippen LogP contribution in [0.1, 0.15) is 6.92 Å². The van der Waals surface area contributed by atoms with Gasteiger partial charge in [0.25, 0.3) is 0 Å². The van der Waals surface area contributed by atoms with Crippen LogP contribution < -0.4 is 0 Å². The summed E-state index contributed by atoms with van der Waals surface area (Å²) in [5.74, 6) is 0.706. The molecule has 0 N–H and O–H groups in total. The maximum atomic E-state index is 5.03. The molecule has 0 aliphatic carbocycles. The average molecular weight is 112 g/mol. The molecule has 1 rings (SSSR count). The molecule has 2 nitrogen and oxygen atoms in total. The molecule has 44 valence electrons. The van der Waals surface area contributed by atoms with Gasteiger partial charge in [0, 0.05) is 6.92 Å². The summed E-state index contributed by atoms with van der Waals surface area (Å²) in [4.78, 5) is 0. The molecule has 0 bridgehead atoms. The Morgan fingerprint density at radius 2 is 2.62 bits per heavy atom. The Bertz CT molecular complexity index is 126. The summed E-state index contributed by atoms with van der Waals surface area (Å²) in [5, 5.41) is 0. The van der Waals surface area contributed by atoms with Crippen LogP contribution in [0.25, 0.3) is 0 Å². The molecule has 0 fully saturated rings. The SMILES string of the molecule is C=CC1=COC(C)O1. The number of hydrogen-bond donors (Lipinski definition) is 0. The highest BCUT2D eigenvalue weighted by molar-refractivity contribution is 5.07. The first-order valence-corrected chi connectivity index (χ1v) is 2.47. The van der Waals surface area contributed by atoms with Crippen LogP contribution in [0, 0.1) is 0 Å². The van der Waals surface area contributed by atoms with Crippen LogP contribution in [0.3, 0.4) is 0 Å². The van der Waals surface area contributed by atoms with E-state index in [-0.39, 0.29) is 6.29 Å². The second-order valence-corrected chi connectivity index (χ2v) is 1.55. The third-order valence-corrected chi connectivity index (χ3v) is 0.879. The summed E-state index contributed by atoms with van der Waals surface area (Å²) in [6.45, 7) is 5.33. The van der Waals surface area contributed by atoms with E-state index in [0.29, 0.717) is 5.76 Å². The highest BCUT2D eigenvalue weighted by Crippen LogP contribution is 2.12. The number of allylic oxidation sites excluding steroid dienone is 1. The molecule has 8 heavy (non-hydrogen) atoms. The van der Waals surface area contributed by atoms with Gasteiger partial charge in [0.1, 0.15) is 6.26 Å². The Kier molecular flexibility index (Phi) is 1.24. The van der Waals surface area contributed by atoms with Crippen molar-refractivity contribution in [3.8, 4) is 0 Å². The zero-order valence-corrected chi connectivity index (χ0v) is 4.76. The molecule has 0 radical (unpaired) electrons. The predicted molar refractivity (Wildman–Crippen MR) is 29.9 cm³/mol. The van der Waals surface area contributed by atoms with Crippen molar-refractivity contribution in [3.63, 3.8) is 0 Å². The van der Waals surface area contributed by atoms with E-state index in [1.54, 1.807) is 12.3 Å². The van der Waals surface area contributed by atoms with Crippen LogP contribution in [0.4, 0.5) is 0 Å². The van der Waals surface area contributed by atoms with Gasteiger partial charge in [-0.3, -0.25) is 0 Å². The lowest BCUT2D eigenvalue weighted by Crippen LogP contribution is -1.99. The van der Waals surface area contributed by atoms with E-state index in [1.165, 1.54) is 0 Å². The van der Waals surface area contributed by atoms with Crippen molar-refractivity contribution in [2.24, 2.45) is 0 Å². The molecule has 0 aromatic heterocycles. The summed E-state index contributed by atoms with van der Waals surface area (Å²) in [6.07, 6.45) is 3.03. The molecule has 0 saturated carbocycles. The Morgan fingerprint density at radius 1 is 1.88 bits per heavy atom. The van der Waals surface area contributed by atoms with Gasteiger partial charge in [-0.25, -0.2) is 0 Å². The third kappa shape index (κ3) is 0.832. The van der Waals surface area contributed by atoms with Gasteiger partial charge in [0.2, 0.25) is 6.29 Å². The first-order valence-electron chi connectivity index (χ1n) is 2.47. The van der Waals surface area contributed by atoms with Crippen LogP contribution in [0.5, 0.6) is 0 Å². The number of rotatable bonds is 1. The smallest absolute Gasteiger partial charge is 0.237 e. The summed E-state index contributed by atoms with van der Waals surface area (Å²) in [6, 6.07) is 0. The van der Waals surface area contributed by atoms with Gasteiger partial charge in [0.05, 0.1) is 0 Å². The van der Waals surface area contributed by atoms with Gasteiger partial charge in [-0.15, -0.1) is 0 Å². The maximum Gasteiger partial charge on any atom is 0.237 e. The lowest BCUT2D eigenvalue weighted by molar-refractivity contribution is -0.0119. The van der Waals surface area contributed by atoms with E-state index < -0.39 is 0 Å². The summed E-state index contributed by atoms with van der Waals surface area (Å²) < 4.78 is 9.93. The molecule has 0 saturated heterocycles. The molecular formula is C6H8O2. The molecule has 0 spiro atoms. The highest BCUT2D eigenvalue weighted by Gasteiger charge is 2.09. The summed E-state index contributed by atoms with van der Waals surface area (Å²) >= 11 is 0. The fraction of sp³-hybridized carbons (Fsp3) is 0.333. The first kappa shape index (κ1) is 5.22. The summed E-state index contributed by atoms with van der Waals surface area (Å²) in [5.41, 5.74) is 0. The quantitative estimate of drug-likeness (QED) is 0.510. The topological polar surface area (TPSA) is 18.5 Å². The van der Waals surface area contributed by atoms with Gasteiger partial charge in [-0.2, -0.15) is 0 Å². The van der Waals surface area contributed by atoms with E-state index >= 15 is 0 Å². The molecule has 0 amide bonds. The normalized spacial score (nSPS) is 25.6. The van der Waals surface area contributed by atoms with Crippen LogP contribution in [-0.4, -0.2) is 6.29 Å². The maximum absolute atomic E-state index is 5.03. The molecule has 1 heterocycles. The lowest BCUT2D eigenvalue weighted by atomic mass is 10.5. The van der Waals surface area contributed by atoms with Crippen molar-refractivity contribution in [3.05, 3.63) is 24.7 Å². The van der Waals surface area contributed by atoms with Gasteiger partial charge in [0.15, 0.2) is 5.76 Å². The summed E-state index contributed by atoms with van der Waals surface area (Å²) in [7, 11) is 0. The minimum Gasteiger partial charge on any atom is -0.459 e. The zero-order chi connectivity index (χ0) is 5.98. The fourth-order valence-corrected chi connectivity index (χ4v) is 0.506. The lowest BCUT2D eigenvalue weighted by Gasteiger charge is -2.01. The van der Waals surface area contributed by atoms with Crippen LogP contribution in [-0.2, 0) is 9.47 Å². The van der Waals surface area contributed by atoms with E-state index in [0.717, 1.165) is 0 Å². The molecule has 1 aliphatic rings. The second-order valence-electron chi connectivity index (χ2n) is 1.55. The third-order valence-electron chi connectivity index (χ3n) is 0.879. The van der Waals surface area contributed by atoms with E-state index in [1.807, 2.05) is 6.92 Å².